The Bertz CT molecular complexity index is 802. The molecule has 2 aromatic carbocycles. The first-order valence-corrected chi connectivity index (χ1v) is 9.72. The topological polar surface area (TPSA) is 85.2 Å². The van der Waals surface area contributed by atoms with E-state index in [-0.39, 0.29) is 25.7 Å². The van der Waals surface area contributed by atoms with Crippen molar-refractivity contribution in [3.63, 3.8) is 0 Å². The molecule has 6 nitrogen and oxygen atoms in total. The molecule has 0 bridgehead atoms. The molecule has 0 fully saturated rings. The van der Waals surface area contributed by atoms with E-state index in [2.05, 4.69) is 0 Å². The third-order valence-electron chi connectivity index (χ3n) is 4.24. The minimum absolute atomic E-state index is 0.0687. The Morgan fingerprint density at radius 2 is 1.76 bits per heavy atom. The normalized spacial score (nSPS) is 13.2. The maximum atomic E-state index is 11.4. The van der Waals surface area contributed by atoms with Crippen LogP contribution in [0.25, 0.3) is 0 Å². The molecule has 0 aliphatic rings. The molecule has 6 heteroatoms. The molecule has 2 N–H and O–H groups in total. The van der Waals surface area contributed by atoms with E-state index in [0.717, 1.165) is 22.4 Å². The molecule has 158 valence electrons. The number of ether oxygens (including phenoxy) is 3. The fraction of sp³-hybridized carbons (Fsp3) is 0.435. The predicted octanol–water partition coefficient (Wildman–Crippen LogP) is 3.54. The third kappa shape index (κ3) is 7.75. The molecule has 29 heavy (non-hydrogen) atoms. The van der Waals surface area contributed by atoms with Gasteiger partial charge in [0.05, 0.1) is 6.10 Å². The van der Waals surface area contributed by atoms with E-state index in [0.29, 0.717) is 5.75 Å². The Morgan fingerprint density at radius 1 is 1.03 bits per heavy atom. The second-order valence-corrected chi connectivity index (χ2v) is 7.41. The molecule has 0 radical (unpaired) electrons. The van der Waals surface area contributed by atoms with Gasteiger partial charge in [0.15, 0.2) is 6.10 Å². The average Bonchev–Trinajstić information content (AvgIpc) is 2.65. The maximum Gasteiger partial charge on any atom is 0.333 e. The Hall–Kier alpha value is -2.57. The monoisotopic (exact) mass is 402 g/mol. The van der Waals surface area contributed by atoms with Crippen molar-refractivity contribution in [1.82, 2.24) is 0 Å². The molecule has 0 amide bonds. The Balaban J connectivity index is 1.87. The van der Waals surface area contributed by atoms with Crippen LogP contribution in [0.15, 0.2) is 42.5 Å². The van der Waals surface area contributed by atoms with Crippen LogP contribution in [0.3, 0.4) is 0 Å². The molecule has 0 saturated carbocycles. The van der Waals surface area contributed by atoms with E-state index < -0.39 is 18.2 Å². The van der Waals surface area contributed by atoms with Gasteiger partial charge in [0.2, 0.25) is 0 Å². The zero-order chi connectivity index (χ0) is 21.4. The maximum absolute atomic E-state index is 11.4. The molecule has 0 aliphatic heterocycles. The van der Waals surface area contributed by atoms with Crippen molar-refractivity contribution in [2.75, 3.05) is 13.2 Å². The van der Waals surface area contributed by atoms with E-state index in [1.807, 2.05) is 38.1 Å². The summed E-state index contributed by atoms with van der Waals surface area (Å²) < 4.78 is 16.8. The van der Waals surface area contributed by atoms with E-state index in [1.54, 1.807) is 32.0 Å². The lowest BCUT2D eigenvalue weighted by atomic mass is 10.1. The molecule has 2 rings (SSSR count). The van der Waals surface area contributed by atoms with Gasteiger partial charge >= 0.3 is 5.97 Å². The Labute approximate surface area is 172 Å². The number of aliphatic hydroxyl groups excluding tert-OH is 1. The first-order chi connectivity index (χ1) is 13.7. The number of carboxylic acids is 1. The number of hydrogen-bond acceptors (Lipinski definition) is 5. The van der Waals surface area contributed by atoms with Gasteiger partial charge in [-0.3, -0.25) is 0 Å². The molecule has 0 spiro atoms. The second-order valence-electron chi connectivity index (χ2n) is 7.41. The lowest BCUT2D eigenvalue weighted by molar-refractivity contribution is -0.153. The van der Waals surface area contributed by atoms with Gasteiger partial charge in [-0.05, 0) is 57.0 Å². The third-order valence-corrected chi connectivity index (χ3v) is 4.24. The minimum atomic E-state index is -0.996. The molecule has 2 aromatic rings. The first-order valence-electron chi connectivity index (χ1n) is 9.72. The van der Waals surface area contributed by atoms with Crippen molar-refractivity contribution in [2.45, 2.75) is 52.4 Å². The lowest BCUT2D eigenvalue weighted by Gasteiger charge is -2.17. The van der Waals surface area contributed by atoms with Crippen LogP contribution in [0.4, 0.5) is 0 Å². The first kappa shape index (κ1) is 22.7. The quantitative estimate of drug-likeness (QED) is 0.598. The van der Waals surface area contributed by atoms with Crippen molar-refractivity contribution >= 4 is 5.97 Å². The summed E-state index contributed by atoms with van der Waals surface area (Å²) in [6, 6.07) is 13.0. The van der Waals surface area contributed by atoms with E-state index in [4.69, 9.17) is 14.2 Å². The van der Waals surface area contributed by atoms with Crippen LogP contribution in [0.1, 0.15) is 30.5 Å². The molecule has 2 atom stereocenters. The van der Waals surface area contributed by atoms with Gasteiger partial charge in [0.1, 0.15) is 30.8 Å². The predicted molar refractivity (Wildman–Crippen MR) is 111 cm³/mol. The van der Waals surface area contributed by atoms with E-state index >= 15 is 0 Å². The van der Waals surface area contributed by atoms with Crippen LogP contribution in [0, 0.1) is 13.8 Å². The molecule has 0 aliphatic carbocycles. The van der Waals surface area contributed by atoms with Gasteiger partial charge in [-0.15, -0.1) is 0 Å². The van der Waals surface area contributed by atoms with Crippen LogP contribution in [-0.2, 0) is 16.0 Å². The SMILES string of the molecule is Cc1ccc(OC[C@@H](O)COc2cccc(C[C@H](OC(C)C)C(=O)O)c2)c(C)c1. The number of benzene rings is 2. The molecular formula is C23H30O6. The highest BCUT2D eigenvalue weighted by molar-refractivity contribution is 5.72. The summed E-state index contributed by atoms with van der Waals surface area (Å²) >= 11 is 0. The van der Waals surface area contributed by atoms with Gasteiger partial charge in [-0.25, -0.2) is 4.79 Å². The van der Waals surface area contributed by atoms with Crippen molar-refractivity contribution in [3.05, 3.63) is 59.2 Å². The zero-order valence-electron chi connectivity index (χ0n) is 17.4. The minimum Gasteiger partial charge on any atom is -0.491 e. The molecule has 0 aromatic heterocycles. The molecular weight excluding hydrogens is 372 g/mol. The zero-order valence-corrected chi connectivity index (χ0v) is 17.4. The number of rotatable bonds is 11. The summed E-state index contributed by atoms with van der Waals surface area (Å²) in [6.07, 6.45) is -1.65. The highest BCUT2D eigenvalue weighted by atomic mass is 16.5. The van der Waals surface area contributed by atoms with Crippen LogP contribution in [0.5, 0.6) is 11.5 Å². The fourth-order valence-electron chi connectivity index (χ4n) is 2.89. The summed E-state index contributed by atoms with van der Waals surface area (Å²) in [6.45, 7) is 7.77. The number of aliphatic hydroxyl groups is 1. The standard InChI is InChI=1S/C23H30O6/c1-15(2)29-22(23(25)26)12-18-6-5-7-20(11-18)27-13-19(24)14-28-21-9-8-16(3)10-17(21)4/h5-11,15,19,22,24H,12-14H2,1-4H3,(H,25,26)/t19-,22-/m0/s1. The van der Waals surface area contributed by atoms with Crippen molar-refractivity contribution in [1.29, 1.82) is 0 Å². The van der Waals surface area contributed by atoms with Crippen molar-refractivity contribution < 1.29 is 29.2 Å². The Morgan fingerprint density at radius 3 is 2.41 bits per heavy atom. The van der Waals surface area contributed by atoms with Crippen LogP contribution in [-0.4, -0.2) is 47.7 Å². The fourth-order valence-corrected chi connectivity index (χ4v) is 2.89. The number of carboxylic acid groups (broad SMARTS) is 1. The molecule has 0 unspecified atom stereocenters. The summed E-state index contributed by atoms with van der Waals surface area (Å²) in [7, 11) is 0. The van der Waals surface area contributed by atoms with Gasteiger partial charge in [-0.2, -0.15) is 0 Å². The van der Waals surface area contributed by atoms with Crippen molar-refractivity contribution in [3.8, 4) is 11.5 Å². The average molecular weight is 402 g/mol. The summed E-state index contributed by atoms with van der Waals surface area (Å²) in [5, 5.41) is 19.5. The van der Waals surface area contributed by atoms with Gasteiger partial charge in [0.25, 0.3) is 0 Å². The van der Waals surface area contributed by atoms with Crippen LogP contribution in [0.2, 0.25) is 0 Å². The highest BCUT2D eigenvalue weighted by Gasteiger charge is 2.20. The summed E-state index contributed by atoms with van der Waals surface area (Å²) in [4.78, 5) is 11.4. The number of hydrogen-bond donors (Lipinski definition) is 2. The highest BCUT2D eigenvalue weighted by Crippen LogP contribution is 2.19. The number of aryl methyl sites for hydroxylation is 2. The summed E-state index contributed by atoms with van der Waals surface area (Å²) in [5.41, 5.74) is 2.96. The second kappa shape index (κ2) is 10.8. The Kier molecular flexibility index (Phi) is 8.49. The smallest absolute Gasteiger partial charge is 0.333 e. The van der Waals surface area contributed by atoms with E-state index in [1.165, 1.54) is 0 Å². The van der Waals surface area contributed by atoms with Crippen LogP contribution >= 0.6 is 0 Å². The molecule has 0 heterocycles. The number of aliphatic carboxylic acids is 1. The van der Waals surface area contributed by atoms with Crippen molar-refractivity contribution in [2.24, 2.45) is 0 Å². The van der Waals surface area contributed by atoms with E-state index in [9.17, 15) is 15.0 Å². The molecule has 0 saturated heterocycles. The van der Waals surface area contributed by atoms with Gasteiger partial charge in [-0.1, -0.05) is 29.8 Å². The van der Waals surface area contributed by atoms with Gasteiger partial charge in [0, 0.05) is 6.42 Å². The summed E-state index contributed by atoms with van der Waals surface area (Å²) in [5.74, 6) is 0.298. The van der Waals surface area contributed by atoms with Crippen LogP contribution < -0.4 is 9.47 Å². The largest absolute Gasteiger partial charge is 0.491 e. The van der Waals surface area contributed by atoms with Gasteiger partial charge < -0.3 is 24.4 Å². The number of carbonyl (C=O) groups is 1. The lowest BCUT2D eigenvalue weighted by Crippen LogP contribution is -2.29.